The summed E-state index contributed by atoms with van der Waals surface area (Å²) >= 11 is 0. The van der Waals surface area contributed by atoms with E-state index in [0.717, 1.165) is 6.54 Å². The van der Waals surface area contributed by atoms with Crippen LogP contribution >= 0.6 is 0 Å². The van der Waals surface area contributed by atoms with Gasteiger partial charge in [0.2, 0.25) is 0 Å². The first kappa shape index (κ1) is 16.2. The molecular weight excluding hydrogens is 232 g/mol. The Bertz CT molecular complexity index is 328. The number of nitrogens with one attached hydrogen (secondary N) is 1. The molecule has 0 spiro atoms. The van der Waals surface area contributed by atoms with E-state index in [1.807, 2.05) is 0 Å². The van der Waals surface area contributed by atoms with E-state index < -0.39 is 0 Å². The van der Waals surface area contributed by atoms with Gasteiger partial charge in [-0.3, -0.25) is 0 Å². The molecule has 0 fully saturated rings. The van der Waals surface area contributed by atoms with Crippen LogP contribution in [0, 0.1) is 6.92 Å². The Morgan fingerprint density at radius 3 is 2.32 bits per heavy atom. The van der Waals surface area contributed by atoms with Gasteiger partial charge in [-0.2, -0.15) is 0 Å². The summed E-state index contributed by atoms with van der Waals surface area (Å²) in [6.07, 6.45) is 2.53. The van der Waals surface area contributed by atoms with Crippen molar-refractivity contribution in [3.63, 3.8) is 0 Å². The van der Waals surface area contributed by atoms with Crippen LogP contribution in [0.5, 0.6) is 0 Å². The molecule has 0 aliphatic rings. The number of benzene rings is 1. The van der Waals surface area contributed by atoms with E-state index in [4.69, 9.17) is 0 Å². The third kappa shape index (κ3) is 6.74. The van der Waals surface area contributed by atoms with Crippen molar-refractivity contribution in [2.75, 3.05) is 19.6 Å². The van der Waals surface area contributed by atoms with Crippen LogP contribution in [0.25, 0.3) is 0 Å². The van der Waals surface area contributed by atoms with Crippen molar-refractivity contribution < 1.29 is 0 Å². The van der Waals surface area contributed by atoms with Crippen LogP contribution in [0.3, 0.4) is 0 Å². The van der Waals surface area contributed by atoms with E-state index in [0.29, 0.717) is 6.04 Å². The number of nitrogens with zero attached hydrogens (tertiary/aromatic N) is 1. The van der Waals surface area contributed by atoms with Gasteiger partial charge in [0.25, 0.3) is 0 Å². The Morgan fingerprint density at radius 2 is 1.74 bits per heavy atom. The zero-order valence-corrected chi connectivity index (χ0v) is 13.1. The molecule has 0 heterocycles. The number of rotatable bonds is 9. The summed E-state index contributed by atoms with van der Waals surface area (Å²) in [4.78, 5) is 2.49. The molecule has 0 aliphatic carbocycles. The molecule has 1 atom stereocenters. The molecule has 0 radical (unpaired) electrons. The van der Waals surface area contributed by atoms with Gasteiger partial charge in [0, 0.05) is 12.6 Å². The second kappa shape index (κ2) is 9.11. The first-order chi connectivity index (χ1) is 9.15. The molecule has 1 N–H and O–H groups in total. The van der Waals surface area contributed by atoms with E-state index in [2.05, 4.69) is 62.2 Å². The van der Waals surface area contributed by atoms with Crippen molar-refractivity contribution >= 4 is 0 Å². The second-order valence-corrected chi connectivity index (χ2v) is 5.44. The molecule has 2 nitrogen and oxygen atoms in total. The standard InChI is InChI=1S/C17H30N2/c1-5-19(6-2)13-7-8-16(4)18-14-17-11-9-15(3)10-12-17/h9-12,16,18H,5-8,13-14H2,1-4H3. The highest BCUT2D eigenvalue weighted by Gasteiger charge is 2.03. The minimum Gasteiger partial charge on any atom is -0.310 e. The maximum atomic E-state index is 3.61. The van der Waals surface area contributed by atoms with Gasteiger partial charge in [-0.1, -0.05) is 43.7 Å². The third-order valence-electron chi connectivity index (χ3n) is 3.78. The number of hydrogen-bond donors (Lipinski definition) is 1. The molecule has 0 aliphatic heterocycles. The van der Waals surface area contributed by atoms with Gasteiger partial charge in [0.1, 0.15) is 0 Å². The maximum absolute atomic E-state index is 3.61. The smallest absolute Gasteiger partial charge is 0.0207 e. The topological polar surface area (TPSA) is 15.3 Å². The highest BCUT2D eigenvalue weighted by Crippen LogP contribution is 2.05. The fourth-order valence-corrected chi connectivity index (χ4v) is 2.26. The van der Waals surface area contributed by atoms with Crippen LogP contribution in [-0.4, -0.2) is 30.6 Å². The fourth-order valence-electron chi connectivity index (χ4n) is 2.26. The first-order valence-electron chi connectivity index (χ1n) is 7.67. The van der Waals surface area contributed by atoms with Crippen molar-refractivity contribution in [1.29, 1.82) is 0 Å². The van der Waals surface area contributed by atoms with Crippen molar-refractivity contribution in [2.45, 2.75) is 53.1 Å². The number of aryl methyl sites for hydroxylation is 1. The minimum atomic E-state index is 0.594. The Labute approximate surface area is 119 Å². The van der Waals surface area contributed by atoms with Crippen molar-refractivity contribution in [2.24, 2.45) is 0 Å². The molecule has 1 unspecified atom stereocenters. The molecule has 0 saturated heterocycles. The van der Waals surface area contributed by atoms with Crippen LogP contribution in [-0.2, 0) is 6.54 Å². The monoisotopic (exact) mass is 262 g/mol. The quantitative estimate of drug-likeness (QED) is 0.731. The highest BCUT2D eigenvalue weighted by atomic mass is 15.1. The molecule has 108 valence electrons. The lowest BCUT2D eigenvalue weighted by molar-refractivity contribution is 0.290. The normalized spacial score (nSPS) is 12.9. The van der Waals surface area contributed by atoms with E-state index in [1.54, 1.807) is 0 Å². The predicted octanol–water partition coefficient (Wildman–Crippen LogP) is 3.60. The van der Waals surface area contributed by atoms with E-state index in [-0.39, 0.29) is 0 Å². The van der Waals surface area contributed by atoms with Gasteiger partial charge in [0.15, 0.2) is 0 Å². The third-order valence-corrected chi connectivity index (χ3v) is 3.78. The number of hydrogen-bond acceptors (Lipinski definition) is 2. The molecule has 0 bridgehead atoms. The molecule has 0 saturated carbocycles. The summed E-state index contributed by atoms with van der Waals surface area (Å²) < 4.78 is 0. The lowest BCUT2D eigenvalue weighted by atomic mass is 10.1. The highest BCUT2D eigenvalue weighted by molar-refractivity contribution is 5.21. The van der Waals surface area contributed by atoms with Gasteiger partial charge >= 0.3 is 0 Å². The Morgan fingerprint density at radius 1 is 1.11 bits per heavy atom. The van der Waals surface area contributed by atoms with E-state index in [1.165, 1.54) is 43.6 Å². The van der Waals surface area contributed by atoms with E-state index >= 15 is 0 Å². The van der Waals surface area contributed by atoms with Crippen LogP contribution in [0.1, 0.15) is 44.7 Å². The fraction of sp³-hybridized carbons (Fsp3) is 0.647. The Hall–Kier alpha value is -0.860. The summed E-state index contributed by atoms with van der Waals surface area (Å²) in [5, 5.41) is 3.61. The summed E-state index contributed by atoms with van der Waals surface area (Å²) in [7, 11) is 0. The lowest BCUT2D eigenvalue weighted by Gasteiger charge is -2.19. The van der Waals surface area contributed by atoms with Gasteiger partial charge < -0.3 is 10.2 Å². The van der Waals surface area contributed by atoms with Crippen LogP contribution < -0.4 is 5.32 Å². The molecule has 1 aromatic carbocycles. The second-order valence-electron chi connectivity index (χ2n) is 5.44. The zero-order chi connectivity index (χ0) is 14.1. The average molecular weight is 262 g/mol. The summed E-state index contributed by atoms with van der Waals surface area (Å²) in [5.74, 6) is 0. The molecule has 19 heavy (non-hydrogen) atoms. The predicted molar refractivity (Wildman–Crippen MR) is 84.5 cm³/mol. The molecule has 1 rings (SSSR count). The van der Waals surface area contributed by atoms with E-state index in [9.17, 15) is 0 Å². The largest absolute Gasteiger partial charge is 0.310 e. The molecule has 1 aromatic rings. The van der Waals surface area contributed by atoms with Gasteiger partial charge in [0.05, 0.1) is 0 Å². The summed E-state index contributed by atoms with van der Waals surface area (Å²) in [6, 6.07) is 9.39. The zero-order valence-electron chi connectivity index (χ0n) is 13.1. The minimum absolute atomic E-state index is 0.594. The maximum Gasteiger partial charge on any atom is 0.0207 e. The van der Waals surface area contributed by atoms with Gasteiger partial charge in [-0.25, -0.2) is 0 Å². The summed E-state index contributed by atoms with van der Waals surface area (Å²) in [6.45, 7) is 13.4. The summed E-state index contributed by atoms with van der Waals surface area (Å²) in [5.41, 5.74) is 2.71. The molecule has 0 aromatic heterocycles. The molecule has 0 amide bonds. The van der Waals surface area contributed by atoms with Gasteiger partial charge in [-0.15, -0.1) is 0 Å². The van der Waals surface area contributed by atoms with Gasteiger partial charge in [-0.05, 0) is 51.9 Å². The molecule has 2 heteroatoms. The lowest BCUT2D eigenvalue weighted by Crippen LogP contribution is -2.28. The van der Waals surface area contributed by atoms with Crippen molar-refractivity contribution in [3.05, 3.63) is 35.4 Å². The SMILES string of the molecule is CCN(CC)CCCC(C)NCc1ccc(C)cc1. The first-order valence-corrected chi connectivity index (χ1v) is 7.67. The van der Waals surface area contributed by atoms with Crippen molar-refractivity contribution in [1.82, 2.24) is 10.2 Å². The van der Waals surface area contributed by atoms with Crippen LogP contribution in [0.2, 0.25) is 0 Å². The average Bonchev–Trinajstić information content (AvgIpc) is 2.43. The molecular formula is C17H30N2. The van der Waals surface area contributed by atoms with Crippen LogP contribution in [0.4, 0.5) is 0 Å². The Kier molecular flexibility index (Phi) is 7.76. The van der Waals surface area contributed by atoms with Crippen LogP contribution in [0.15, 0.2) is 24.3 Å². The Balaban J connectivity index is 2.17. The van der Waals surface area contributed by atoms with Crippen molar-refractivity contribution in [3.8, 4) is 0 Å².